The maximum Gasteiger partial charge on any atom is 0.0485 e. The number of nitrogens with one attached hydrogen (secondary N) is 1. The zero-order chi connectivity index (χ0) is 15.1. The number of aryl methyl sites for hydroxylation is 2. The van der Waals surface area contributed by atoms with Gasteiger partial charge in [0, 0.05) is 11.7 Å². The molecule has 1 heteroatoms. The predicted molar refractivity (Wildman–Crippen MR) is 92.9 cm³/mol. The molecule has 112 valence electrons. The van der Waals surface area contributed by atoms with Gasteiger partial charge in [0.15, 0.2) is 0 Å². The van der Waals surface area contributed by atoms with E-state index >= 15 is 0 Å². The van der Waals surface area contributed by atoms with Crippen molar-refractivity contribution in [3.05, 3.63) is 65.2 Å². The van der Waals surface area contributed by atoms with Gasteiger partial charge in [0.1, 0.15) is 0 Å². The van der Waals surface area contributed by atoms with E-state index in [0.29, 0.717) is 6.04 Å². The van der Waals surface area contributed by atoms with Gasteiger partial charge in [-0.2, -0.15) is 0 Å². The molecular formula is C20H27N. The molecule has 0 aliphatic carbocycles. The highest BCUT2D eigenvalue weighted by Gasteiger charge is 2.04. The highest BCUT2D eigenvalue weighted by Crippen LogP contribution is 2.20. The molecule has 0 aliphatic rings. The minimum absolute atomic E-state index is 0.330. The Morgan fingerprint density at radius 3 is 2.19 bits per heavy atom. The maximum absolute atomic E-state index is 3.57. The number of anilines is 1. The Hall–Kier alpha value is -1.76. The molecule has 21 heavy (non-hydrogen) atoms. The third-order valence-corrected chi connectivity index (χ3v) is 3.98. The van der Waals surface area contributed by atoms with Crippen LogP contribution >= 0.6 is 0 Å². The molecule has 1 nitrogen and oxygen atoms in total. The lowest BCUT2D eigenvalue weighted by molar-refractivity contribution is 0.717. The molecule has 0 amide bonds. The number of rotatable bonds is 7. The summed E-state index contributed by atoms with van der Waals surface area (Å²) in [7, 11) is 0. The van der Waals surface area contributed by atoms with Crippen LogP contribution in [0, 0.1) is 6.92 Å². The van der Waals surface area contributed by atoms with E-state index in [-0.39, 0.29) is 0 Å². The number of benzene rings is 2. The van der Waals surface area contributed by atoms with Crippen molar-refractivity contribution < 1.29 is 0 Å². The molecule has 1 atom stereocenters. The molecule has 0 radical (unpaired) electrons. The molecule has 0 saturated heterocycles. The minimum atomic E-state index is 0.330. The molecule has 2 aromatic carbocycles. The molecule has 0 heterocycles. The fourth-order valence-corrected chi connectivity index (χ4v) is 2.54. The van der Waals surface area contributed by atoms with Crippen molar-refractivity contribution >= 4 is 5.69 Å². The monoisotopic (exact) mass is 281 g/mol. The summed E-state index contributed by atoms with van der Waals surface area (Å²) in [5.41, 5.74) is 5.27. The van der Waals surface area contributed by atoms with E-state index in [4.69, 9.17) is 0 Å². The summed E-state index contributed by atoms with van der Waals surface area (Å²) in [4.78, 5) is 0. The van der Waals surface area contributed by atoms with E-state index in [2.05, 4.69) is 74.6 Å². The number of hydrogen-bond donors (Lipinski definition) is 1. The lowest BCUT2D eigenvalue weighted by atomic mass is 10.0. The SMILES string of the molecule is CCCCCc1ccc(NC(C)c2ccc(C)cc2)cc1. The van der Waals surface area contributed by atoms with Gasteiger partial charge in [0.05, 0.1) is 0 Å². The van der Waals surface area contributed by atoms with Gasteiger partial charge in [-0.05, 0) is 49.9 Å². The second kappa shape index (κ2) is 7.87. The van der Waals surface area contributed by atoms with E-state index in [0.717, 1.165) is 0 Å². The third-order valence-electron chi connectivity index (χ3n) is 3.98. The van der Waals surface area contributed by atoms with Gasteiger partial charge in [-0.25, -0.2) is 0 Å². The van der Waals surface area contributed by atoms with Crippen LogP contribution < -0.4 is 5.32 Å². The summed E-state index contributed by atoms with van der Waals surface area (Å²) in [5, 5.41) is 3.57. The summed E-state index contributed by atoms with van der Waals surface area (Å²) in [6.45, 7) is 6.58. The standard InChI is InChI=1S/C20H27N/c1-4-5-6-7-18-10-14-20(15-11-18)21-17(3)19-12-8-16(2)9-13-19/h8-15,17,21H,4-7H2,1-3H3. The molecule has 0 aliphatic heterocycles. The second-order valence-electron chi connectivity index (χ2n) is 5.93. The molecule has 0 bridgehead atoms. The quantitative estimate of drug-likeness (QED) is 0.623. The molecule has 2 rings (SSSR count). The van der Waals surface area contributed by atoms with Crippen molar-refractivity contribution in [3.8, 4) is 0 Å². The normalized spacial score (nSPS) is 12.1. The van der Waals surface area contributed by atoms with Crippen LogP contribution in [0.1, 0.15) is 55.8 Å². The van der Waals surface area contributed by atoms with Crippen LogP contribution in [0.3, 0.4) is 0 Å². The van der Waals surface area contributed by atoms with E-state index in [1.807, 2.05) is 0 Å². The summed E-state index contributed by atoms with van der Waals surface area (Å²) in [5.74, 6) is 0. The first-order valence-corrected chi connectivity index (χ1v) is 8.11. The number of hydrogen-bond acceptors (Lipinski definition) is 1. The van der Waals surface area contributed by atoms with Crippen LogP contribution in [0.4, 0.5) is 5.69 Å². The van der Waals surface area contributed by atoms with E-state index in [9.17, 15) is 0 Å². The van der Waals surface area contributed by atoms with Gasteiger partial charge >= 0.3 is 0 Å². The largest absolute Gasteiger partial charge is 0.379 e. The van der Waals surface area contributed by atoms with E-state index in [1.54, 1.807) is 0 Å². The van der Waals surface area contributed by atoms with Gasteiger partial charge in [-0.3, -0.25) is 0 Å². The lowest BCUT2D eigenvalue weighted by Gasteiger charge is -2.16. The summed E-state index contributed by atoms with van der Waals surface area (Å²) in [6.07, 6.45) is 5.10. The highest BCUT2D eigenvalue weighted by molar-refractivity contribution is 5.46. The summed E-state index contributed by atoms with van der Waals surface area (Å²) >= 11 is 0. The highest BCUT2D eigenvalue weighted by atomic mass is 14.9. The Kier molecular flexibility index (Phi) is 5.86. The van der Waals surface area contributed by atoms with Crippen molar-refractivity contribution in [3.63, 3.8) is 0 Å². The molecule has 1 unspecified atom stereocenters. The summed E-state index contributed by atoms with van der Waals surface area (Å²) < 4.78 is 0. The van der Waals surface area contributed by atoms with Gasteiger partial charge in [0.2, 0.25) is 0 Å². The van der Waals surface area contributed by atoms with Crippen molar-refractivity contribution in [2.75, 3.05) is 5.32 Å². The van der Waals surface area contributed by atoms with Gasteiger partial charge in [-0.1, -0.05) is 61.7 Å². The molecule has 2 aromatic rings. The number of unbranched alkanes of at least 4 members (excludes halogenated alkanes) is 2. The van der Waals surface area contributed by atoms with Crippen LogP contribution in [0.15, 0.2) is 48.5 Å². The van der Waals surface area contributed by atoms with Crippen molar-refractivity contribution in [1.29, 1.82) is 0 Å². The maximum atomic E-state index is 3.57. The molecule has 1 N–H and O–H groups in total. The zero-order valence-corrected chi connectivity index (χ0v) is 13.5. The van der Waals surface area contributed by atoms with Crippen LogP contribution in [-0.2, 0) is 6.42 Å². The molecule has 0 fully saturated rings. The Morgan fingerprint density at radius 2 is 1.57 bits per heavy atom. The minimum Gasteiger partial charge on any atom is -0.379 e. The van der Waals surface area contributed by atoms with Crippen LogP contribution in [0.5, 0.6) is 0 Å². The van der Waals surface area contributed by atoms with E-state index < -0.39 is 0 Å². The topological polar surface area (TPSA) is 12.0 Å². The first kappa shape index (κ1) is 15.6. The van der Waals surface area contributed by atoms with Gasteiger partial charge in [-0.15, -0.1) is 0 Å². The predicted octanol–water partition coefficient (Wildman–Crippen LogP) is 5.90. The van der Waals surface area contributed by atoms with E-state index in [1.165, 1.54) is 48.1 Å². The Bertz CT molecular complexity index is 525. The third kappa shape index (κ3) is 4.93. The zero-order valence-electron chi connectivity index (χ0n) is 13.5. The van der Waals surface area contributed by atoms with Crippen molar-refractivity contribution in [2.24, 2.45) is 0 Å². The Morgan fingerprint density at radius 1 is 0.905 bits per heavy atom. The first-order valence-electron chi connectivity index (χ1n) is 8.11. The van der Waals surface area contributed by atoms with Crippen molar-refractivity contribution in [1.82, 2.24) is 0 Å². The first-order chi connectivity index (χ1) is 10.2. The second-order valence-corrected chi connectivity index (χ2v) is 5.93. The van der Waals surface area contributed by atoms with Crippen LogP contribution in [0.2, 0.25) is 0 Å². The Balaban J connectivity index is 1.91. The average Bonchev–Trinajstić information content (AvgIpc) is 2.50. The fraction of sp³-hybridized carbons (Fsp3) is 0.400. The fourth-order valence-electron chi connectivity index (χ4n) is 2.54. The van der Waals surface area contributed by atoms with Gasteiger partial charge < -0.3 is 5.32 Å². The molecule has 0 spiro atoms. The van der Waals surface area contributed by atoms with Crippen LogP contribution in [-0.4, -0.2) is 0 Å². The van der Waals surface area contributed by atoms with Crippen molar-refractivity contribution in [2.45, 2.75) is 52.5 Å². The summed E-state index contributed by atoms with van der Waals surface area (Å²) in [6, 6.07) is 18.0. The lowest BCUT2D eigenvalue weighted by Crippen LogP contribution is -2.06. The molecular weight excluding hydrogens is 254 g/mol. The molecule has 0 saturated carbocycles. The smallest absolute Gasteiger partial charge is 0.0485 e. The van der Waals surface area contributed by atoms with Crippen LogP contribution in [0.25, 0.3) is 0 Å². The Labute approximate surface area is 129 Å². The average molecular weight is 281 g/mol. The molecule has 0 aromatic heterocycles. The van der Waals surface area contributed by atoms with Gasteiger partial charge in [0.25, 0.3) is 0 Å².